The molecule has 0 aromatic heterocycles. The number of rotatable bonds is 3. The lowest BCUT2D eigenvalue weighted by atomic mass is 9.98. The quantitative estimate of drug-likeness (QED) is 0.851. The van der Waals surface area contributed by atoms with Crippen LogP contribution in [0, 0.1) is 6.92 Å². The standard InChI is InChI=1S/C18H20BrNO/c1-12-3-5-14(6-4-12)13(2)20-17-9-10-21-18-8-7-15(19)11-16(17)18/h3-8,11,13,17,20H,9-10H2,1-2H3. The first kappa shape index (κ1) is 14.6. The average Bonchev–Trinajstić information content (AvgIpc) is 2.48. The van der Waals surface area contributed by atoms with E-state index in [2.05, 4.69) is 65.4 Å². The van der Waals surface area contributed by atoms with Crippen LogP contribution in [-0.4, -0.2) is 6.61 Å². The molecule has 2 aromatic carbocycles. The molecule has 0 saturated carbocycles. The Hall–Kier alpha value is -1.32. The highest BCUT2D eigenvalue weighted by Crippen LogP contribution is 2.35. The molecule has 2 atom stereocenters. The van der Waals surface area contributed by atoms with Crippen LogP contribution in [0.25, 0.3) is 0 Å². The fraction of sp³-hybridized carbons (Fsp3) is 0.333. The van der Waals surface area contributed by atoms with Crippen molar-refractivity contribution >= 4 is 15.9 Å². The van der Waals surface area contributed by atoms with Gasteiger partial charge in [0.15, 0.2) is 0 Å². The van der Waals surface area contributed by atoms with Crippen molar-refractivity contribution < 1.29 is 4.74 Å². The van der Waals surface area contributed by atoms with Crippen LogP contribution in [0.3, 0.4) is 0 Å². The molecule has 0 radical (unpaired) electrons. The van der Waals surface area contributed by atoms with Gasteiger partial charge in [-0.05, 0) is 37.6 Å². The summed E-state index contributed by atoms with van der Waals surface area (Å²) in [5.74, 6) is 0.998. The fourth-order valence-electron chi connectivity index (χ4n) is 2.79. The van der Waals surface area contributed by atoms with Gasteiger partial charge < -0.3 is 10.1 Å². The molecule has 2 unspecified atom stereocenters. The van der Waals surface area contributed by atoms with Gasteiger partial charge in [-0.3, -0.25) is 0 Å². The summed E-state index contributed by atoms with van der Waals surface area (Å²) in [6.45, 7) is 5.11. The molecule has 0 aliphatic carbocycles. The van der Waals surface area contributed by atoms with Crippen LogP contribution in [0.5, 0.6) is 5.75 Å². The van der Waals surface area contributed by atoms with Crippen LogP contribution in [0.4, 0.5) is 0 Å². The maximum atomic E-state index is 5.75. The molecule has 2 aromatic rings. The highest BCUT2D eigenvalue weighted by molar-refractivity contribution is 9.10. The van der Waals surface area contributed by atoms with E-state index in [1.54, 1.807) is 0 Å². The lowest BCUT2D eigenvalue weighted by Crippen LogP contribution is -2.29. The monoisotopic (exact) mass is 345 g/mol. The zero-order chi connectivity index (χ0) is 14.8. The number of hydrogen-bond donors (Lipinski definition) is 1. The van der Waals surface area contributed by atoms with E-state index in [-0.39, 0.29) is 0 Å². The number of aryl methyl sites for hydroxylation is 1. The summed E-state index contributed by atoms with van der Waals surface area (Å²) in [6, 6.07) is 15.6. The molecule has 0 fully saturated rings. The average molecular weight is 346 g/mol. The van der Waals surface area contributed by atoms with Gasteiger partial charge in [-0.15, -0.1) is 0 Å². The molecule has 2 nitrogen and oxygen atoms in total. The van der Waals surface area contributed by atoms with Crippen molar-refractivity contribution in [2.24, 2.45) is 0 Å². The zero-order valence-corrected chi connectivity index (χ0v) is 14.0. The van der Waals surface area contributed by atoms with Gasteiger partial charge in [0.25, 0.3) is 0 Å². The van der Waals surface area contributed by atoms with Gasteiger partial charge in [0.05, 0.1) is 6.61 Å². The molecule has 0 saturated heterocycles. The maximum Gasteiger partial charge on any atom is 0.124 e. The van der Waals surface area contributed by atoms with Gasteiger partial charge in [-0.1, -0.05) is 45.8 Å². The first-order chi connectivity index (χ1) is 10.1. The van der Waals surface area contributed by atoms with E-state index in [0.29, 0.717) is 12.1 Å². The Morgan fingerprint density at radius 2 is 1.95 bits per heavy atom. The van der Waals surface area contributed by atoms with E-state index in [1.807, 2.05) is 12.1 Å². The van der Waals surface area contributed by atoms with Crippen LogP contribution in [0.2, 0.25) is 0 Å². The minimum Gasteiger partial charge on any atom is -0.493 e. The van der Waals surface area contributed by atoms with Gasteiger partial charge >= 0.3 is 0 Å². The minimum absolute atomic E-state index is 0.320. The van der Waals surface area contributed by atoms with Gasteiger partial charge in [-0.2, -0.15) is 0 Å². The Morgan fingerprint density at radius 3 is 2.71 bits per heavy atom. The number of hydrogen-bond acceptors (Lipinski definition) is 2. The van der Waals surface area contributed by atoms with Gasteiger partial charge in [0.1, 0.15) is 5.75 Å². The van der Waals surface area contributed by atoms with Crippen LogP contribution in [-0.2, 0) is 0 Å². The summed E-state index contributed by atoms with van der Waals surface area (Å²) in [4.78, 5) is 0. The summed E-state index contributed by atoms with van der Waals surface area (Å²) >= 11 is 3.55. The molecular weight excluding hydrogens is 326 g/mol. The third-order valence-corrected chi connectivity index (χ3v) is 4.53. The lowest BCUT2D eigenvalue weighted by molar-refractivity contribution is 0.246. The van der Waals surface area contributed by atoms with E-state index in [4.69, 9.17) is 4.74 Å². The van der Waals surface area contributed by atoms with Crippen molar-refractivity contribution in [2.45, 2.75) is 32.4 Å². The predicted molar refractivity (Wildman–Crippen MR) is 89.7 cm³/mol. The highest BCUT2D eigenvalue weighted by atomic mass is 79.9. The third-order valence-electron chi connectivity index (χ3n) is 4.04. The SMILES string of the molecule is Cc1ccc(C(C)NC2CCOc3ccc(Br)cc32)cc1. The van der Waals surface area contributed by atoms with Crippen LogP contribution in [0.15, 0.2) is 46.9 Å². The molecular formula is C18H20BrNO. The zero-order valence-electron chi connectivity index (χ0n) is 12.4. The second-order valence-corrected chi connectivity index (χ2v) is 6.59. The lowest BCUT2D eigenvalue weighted by Gasteiger charge is -2.29. The molecule has 3 heteroatoms. The molecule has 21 heavy (non-hydrogen) atoms. The number of halogens is 1. The molecule has 3 rings (SSSR count). The van der Waals surface area contributed by atoms with E-state index in [9.17, 15) is 0 Å². The molecule has 0 amide bonds. The molecule has 1 aliphatic heterocycles. The molecule has 0 spiro atoms. The molecule has 1 aliphatic rings. The van der Waals surface area contributed by atoms with E-state index < -0.39 is 0 Å². The summed E-state index contributed by atoms with van der Waals surface area (Å²) in [5.41, 5.74) is 3.87. The van der Waals surface area contributed by atoms with E-state index in [0.717, 1.165) is 23.2 Å². The van der Waals surface area contributed by atoms with Crippen LogP contribution >= 0.6 is 15.9 Å². The first-order valence-electron chi connectivity index (χ1n) is 7.38. The smallest absolute Gasteiger partial charge is 0.124 e. The van der Waals surface area contributed by atoms with Gasteiger partial charge in [0, 0.05) is 28.5 Å². The maximum absolute atomic E-state index is 5.75. The van der Waals surface area contributed by atoms with Crippen molar-refractivity contribution in [3.63, 3.8) is 0 Å². The second-order valence-electron chi connectivity index (χ2n) is 5.67. The van der Waals surface area contributed by atoms with Gasteiger partial charge in [0.2, 0.25) is 0 Å². The Kier molecular flexibility index (Phi) is 4.32. The number of fused-ring (bicyclic) bond motifs is 1. The molecule has 0 bridgehead atoms. The van der Waals surface area contributed by atoms with Crippen molar-refractivity contribution in [1.29, 1.82) is 0 Å². The summed E-state index contributed by atoms with van der Waals surface area (Å²) < 4.78 is 6.85. The summed E-state index contributed by atoms with van der Waals surface area (Å²) in [5, 5.41) is 3.74. The Morgan fingerprint density at radius 1 is 1.19 bits per heavy atom. The second kappa shape index (κ2) is 6.20. The normalized spacial score (nSPS) is 18.7. The Balaban J connectivity index is 1.80. The van der Waals surface area contributed by atoms with Crippen molar-refractivity contribution in [2.75, 3.05) is 6.61 Å². The van der Waals surface area contributed by atoms with Crippen molar-refractivity contribution in [3.8, 4) is 5.75 Å². The van der Waals surface area contributed by atoms with E-state index >= 15 is 0 Å². The summed E-state index contributed by atoms with van der Waals surface area (Å²) in [7, 11) is 0. The Bertz CT molecular complexity index is 624. The summed E-state index contributed by atoms with van der Waals surface area (Å²) in [6.07, 6.45) is 1.000. The number of benzene rings is 2. The molecule has 1 N–H and O–H groups in total. The van der Waals surface area contributed by atoms with E-state index in [1.165, 1.54) is 16.7 Å². The molecule has 110 valence electrons. The highest BCUT2D eigenvalue weighted by Gasteiger charge is 2.23. The van der Waals surface area contributed by atoms with Crippen LogP contribution < -0.4 is 10.1 Å². The first-order valence-corrected chi connectivity index (χ1v) is 8.17. The fourth-order valence-corrected chi connectivity index (χ4v) is 3.17. The van der Waals surface area contributed by atoms with Crippen molar-refractivity contribution in [3.05, 3.63) is 63.6 Å². The third kappa shape index (κ3) is 3.30. The minimum atomic E-state index is 0.320. The molecule has 1 heterocycles. The Labute approximate surface area is 134 Å². The van der Waals surface area contributed by atoms with Crippen molar-refractivity contribution in [1.82, 2.24) is 5.32 Å². The topological polar surface area (TPSA) is 21.3 Å². The van der Waals surface area contributed by atoms with Crippen LogP contribution in [0.1, 0.15) is 42.1 Å². The predicted octanol–water partition coefficient (Wildman–Crippen LogP) is 4.93. The van der Waals surface area contributed by atoms with Gasteiger partial charge in [-0.25, -0.2) is 0 Å². The largest absolute Gasteiger partial charge is 0.493 e. The number of ether oxygens (including phenoxy) is 1. The number of nitrogens with one attached hydrogen (secondary N) is 1.